The zero-order valence-corrected chi connectivity index (χ0v) is 12.5. The van der Waals surface area contributed by atoms with Crippen LogP contribution in [0, 0.1) is 0 Å². The topological polar surface area (TPSA) is 93.1 Å². The standard InChI is InChI=1S/C8H14O3.C6H10O3/c1-4-5-7(9)11-8(10)6(2)3;1-4(2)6(8)9-5(3)7/h7,9H,2,4-5H2,1,3H3;5,7H,1H2,2-3H3. The van der Waals surface area contributed by atoms with E-state index in [1.54, 1.807) is 6.92 Å². The van der Waals surface area contributed by atoms with Gasteiger partial charge in [0.25, 0.3) is 0 Å². The summed E-state index contributed by atoms with van der Waals surface area (Å²) in [5.74, 6) is -1.10. The Morgan fingerprint density at radius 1 is 1.05 bits per heavy atom. The summed E-state index contributed by atoms with van der Waals surface area (Å²) in [4.78, 5) is 21.2. The summed E-state index contributed by atoms with van der Waals surface area (Å²) in [6, 6.07) is 0. The van der Waals surface area contributed by atoms with Gasteiger partial charge in [-0.1, -0.05) is 26.5 Å². The third-order valence-corrected chi connectivity index (χ3v) is 1.75. The molecule has 0 aliphatic carbocycles. The maximum absolute atomic E-state index is 10.7. The van der Waals surface area contributed by atoms with Crippen LogP contribution in [0.15, 0.2) is 24.3 Å². The molecule has 0 aromatic carbocycles. The molecule has 20 heavy (non-hydrogen) atoms. The van der Waals surface area contributed by atoms with E-state index in [-0.39, 0.29) is 5.57 Å². The highest BCUT2D eigenvalue weighted by Gasteiger charge is 2.09. The van der Waals surface area contributed by atoms with Gasteiger partial charge in [0.1, 0.15) is 0 Å². The molecular weight excluding hydrogens is 264 g/mol. The lowest BCUT2D eigenvalue weighted by Crippen LogP contribution is -2.17. The molecule has 6 heteroatoms. The maximum atomic E-state index is 10.7. The van der Waals surface area contributed by atoms with Crippen molar-refractivity contribution in [1.29, 1.82) is 0 Å². The zero-order valence-electron chi connectivity index (χ0n) is 12.5. The van der Waals surface area contributed by atoms with Crippen LogP contribution in [0.1, 0.15) is 40.5 Å². The van der Waals surface area contributed by atoms with Crippen LogP contribution in [0.25, 0.3) is 0 Å². The molecule has 0 rings (SSSR count). The number of esters is 2. The fourth-order valence-corrected chi connectivity index (χ4v) is 0.786. The number of carbonyl (C=O) groups excluding carboxylic acids is 2. The molecule has 0 aromatic rings. The molecule has 0 spiro atoms. The van der Waals surface area contributed by atoms with E-state index in [4.69, 9.17) is 10.2 Å². The van der Waals surface area contributed by atoms with Gasteiger partial charge < -0.3 is 19.7 Å². The van der Waals surface area contributed by atoms with Crippen LogP contribution in [-0.2, 0) is 19.1 Å². The van der Waals surface area contributed by atoms with Crippen LogP contribution in [0.5, 0.6) is 0 Å². The second-order valence-corrected chi connectivity index (χ2v) is 4.21. The first-order valence-electron chi connectivity index (χ1n) is 6.20. The average molecular weight is 288 g/mol. The van der Waals surface area contributed by atoms with Gasteiger partial charge in [-0.3, -0.25) is 0 Å². The van der Waals surface area contributed by atoms with Gasteiger partial charge >= 0.3 is 11.9 Å². The first-order chi connectivity index (χ1) is 9.11. The third-order valence-electron chi connectivity index (χ3n) is 1.75. The monoisotopic (exact) mass is 288 g/mol. The highest BCUT2D eigenvalue weighted by Crippen LogP contribution is 2.01. The summed E-state index contributed by atoms with van der Waals surface area (Å²) < 4.78 is 8.90. The summed E-state index contributed by atoms with van der Waals surface area (Å²) in [6.07, 6.45) is -0.776. The van der Waals surface area contributed by atoms with Crippen LogP contribution in [0.3, 0.4) is 0 Å². The number of ether oxygens (including phenoxy) is 2. The van der Waals surface area contributed by atoms with E-state index in [0.717, 1.165) is 6.42 Å². The Morgan fingerprint density at radius 3 is 1.70 bits per heavy atom. The number of aliphatic hydroxyl groups excluding tert-OH is 2. The summed E-state index contributed by atoms with van der Waals surface area (Å²) in [5.41, 5.74) is 0.594. The molecule has 116 valence electrons. The molecule has 0 bridgehead atoms. The Bertz CT molecular complexity index is 346. The minimum Gasteiger partial charge on any atom is -0.433 e. The Balaban J connectivity index is 0. The molecule has 0 aliphatic rings. The number of aliphatic hydroxyl groups is 2. The lowest BCUT2D eigenvalue weighted by Gasteiger charge is -2.09. The fraction of sp³-hybridized carbons (Fsp3) is 0.571. The summed E-state index contributed by atoms with van der Waals surface area (Å²) >= 11 is 0. The van der Waals surface area contributed by atoms with Gasteiger partial charge in [-0.25, -0.2) is 9.59 Å². The van der Waals surface area contributed by atoms with Gasteiger partial charge in [-0.15, -0.1) is 0 Å². The SMILES string of the molecule is C=C(C)C(=O)OC(C)O.C=C(C)C(=O)OC(O)CCC. The van der Waals surface area contributed by atoms with E-state index >= 15 is 0 Å². The molecule has 0 amide bonds. The molecule has 0 saturated carbocycles. The molecule has 2 N–H and O–H groups in total. The lowest BCUT2D eigenvalue weighted by molar-refractivity contribution is -0.164. The first-order valence-corrected chi connectivity index (χ1v) is 6.20. The number of rotatable bonds is 6. The Morgan fingerprint density at radius 2 is 1.45 bits per heavy atom. The Labute approximate surface area is 119 Å². The molecule has 6 nitrogen and oxygen atoms in total. The third kappa shape index (κ3) is 12.8. The van der Waals surface area contributed by atoms with Gasteiger partial charge in [0.05, 0.1) is 0 Å². The normalized spacial score (nSPS) is 12.3. The van der Waals surface area contributed by atoms with Crippen molar-refractivity contribution in [2.75, 3.05) is 0 Å². The molecule has 0 heterocycles. The predicted octanol–water partition coefficient (Wildman–Crippen LogP) is 1.67. The fourth-order valence-electron chi connectivity index (χ4n) is 0.786. The molecular formula is C14H24O6. The Hall–Kier alpha value is -1.66. The molecule has 2 unspecified atom stereocenters. The van der Waals surface area contributed by atoms with Gasteiger partial charge in [-0.05, 0) is 20.8 Å². The van der Waals surface area contributed by atoms with E-state index in [1.807, 2.05) is 6.92 Å². The minimum absolute atomic E-state index is 0.288. The highest BCUT2D eigenvalue weighted by molar-refractivity contribution is 5.87. The van der Waals surface area contributed by atoms with Crippen molar-refractivity contribution in [2.45, 2.75) is 53.1 Å². The van der Waals surface area contributed by atoms with E-state index < -0.39 is 24.5 Å². The smallest absolute Gasteiger partial charge is 0.335 e. The van der Waals surface area contributed by atoms with Crippen molar-refractivity contribution in [3.05, 3.63) is 24.3 Å². The minimum atomic E-state index is -1.05. The number of hydrogen-bond acceptors (Lipinski definition) is 6. The Kier molecular flexibility index (Phi) is 11.6. The van der Waals surface area contributed by atoms with E-state index in [9.17, 15) is 9.59 Å². The van der Waals surface area contributed by atoms with E-state index in [0.29, 0.717) is 12.0 Å². The predicted molar refractivity (Wildman–Crippen MR) is 74.4 cm³/mol. The number of hydrogen-bond donors (Lipinski definition) is 2. The summed E-state index contributed by atoms with van der Waals surface area (Å²) in [7, 11) is 0. The van der Waals surface area contributed by atoms with Crippen molar-refractivity contribution in [3.63, 3.8) is 0 Å². The van der Waals surface area contributed by atoms with Gasteiger partial charge in [-0.2, -0.15) is 0 Å². The molecule has 0 radical (unpaired) electrons. The molecule has 0 saturated heterocycles. The van der Waals surface area contributed by atoms with Crippen LogP contribution >= 0.6 is 0 Å². The number of carbonyl (C=O) groups is 2. The van der Waals surface area contributed by atoms with Crippen LogP contribution in [-0.4, -0.2) is 34.7 Å². The molecule has 0 aromatic heterocycles. The molecule has 0 aliphatic heterocycles. The van der Waals surface area contributed by atoms with Gasteiger partial charge in [0.15, 0.2) is 6.29 Å². The van der Waals surface area contributed by atoms with Gasteiger partial charge in [0.2, 0.25) is 6.29 Å². The van der Waals surface area contributed by atoms with Crippen LogP contribution in [0.4, 0.5) is 0 Å². The van der Waals surface area contributed by atoms with Crippen molar-refractivity contribution >= 4 is 11.9 Å². The van der Waals surface area contributed by atoms with Crippen molar-refractivity contribution in [1.82, 2.24) is 0 Å². The van der Waals surface area contributed by atoms with Crippen LogP contribution in [0.2, 0.25) is 0 Å². The molecule has 2 atom stereocenters. The average Bonchev–Trinajstić information content (AvgIpc) is 2.28. The maximum Gasteiger partial charge on any atom is 0.335 e. The van der Waals surface area contributed by atoms with Gasteiger partial charge in [0, 0.05) is 17.6 Å². The van der Waals surface area contributed by atoms with E-state index in [2.05, 4.69) is 22.6 Å². The molecule has 0 fully saturated rings. The van der Waals surface area contributed by atoms with Crippen LogP contribution < -0.4 is 0 Å². The van der Waals surface area contributed by atoms with Crippen molar-refractivity contribution in [3.8, 4) is 0 Å². The highest BCUT2D eigenvalue weighted by atomic mass is 16.6. The quantitative estimate of drug-likeness (QED) is 0.439. The lowest BCUT2D eigenvalue weighted by atomic mass is 10.3. The zero-order chi connectivity index (χ0) is 16.3. The largest absolute Gasteiger partial charge is 0.433 e. The second-order valence-electron chi connectivity index (χ2n) is 4.21. The summed E-state index contributed by atoms with van der Waals surface area (Å²) in [5, 5.41) is 17.5. The van der Waals surface area contributed by atoms with Crippen molar-refractivity contribution < 1.29 is 29.3 Å². The van der Waals surface area contributed by atoms with E-state index in [1.165, 1.54) is 13.8 Å². The summed E-state index contributed by atoms with van der Waals surface area (Å²) in [6.45, 7) is 13.0. The second kappa shape index (κ2) is 11.2. The first kappa shape index (κ1) is 20.7. The van der Waals surface area contributed by atoms with Crippen molar-refractivity contribution in [2.24, 2.45) is 0 Å².